The van der Waals surface area contributed by atoms with Crippen molar-refractivity contribution in [3.8, 4) is 0 Å². The third kappa shape index (κ3) is 24.1. The molecule has 0 N–H and O–H groups in total. The molecule has 1 unspecified atom stereocenters. The lowest BCUT2D eigenvalue weighted by Crippen LogP contribution is -2.11. The molecule has 0 aromatic rings. The van der Waals surface area contributed by atoms with E-state index in [1.807, 2.05) is 0 Å². The molecule has 0 heterocycles. The van der Waals surface area contributed by atoms with Crippen LogP contribution < -0.4 is 0 Å². The second-order valence-electron chi connectivity index (χ2n) is 9.53. The Morgan fingerprint density at radius 3 is 1.17 bits per heavy atom. The fourth-order valence-corrected chi connectivity index (χ4v) is 4.33. The Bertz CT molecular complexity index is 275. The van der Waals surface area contributed by atoms with Crippen LogP contribution in [0.4, 0.5) is 0 Å². The highest BCUT2D eigenvalue weighted by atomic mass is 16.5. The lowest BCUT2D eigenvalue weighted by Gasteiger charge is -2.17. The van der Waals surface area contributed by atoms with Crippen LogP contribution in [0.15, 0.2) is 0 Å². The largest absolute Gasteiger partial charge is 0.381 e. The van der Waals surface area contributed by atoms with Gasteiger partial charge in [0.15, 0.2) is 0 Å². The summed E-state index contributed by atoms with van der Waals surface area (Å²) in [6.07, 6.45) is 30.9. The van der Waals surface area contributed by atoms with Gasteiger partial charge in [-0.05, 0) is 25.2 Å². The lowest BCUT2D eigenvalue weighted by molar-refractivity contribution is 0.0878. The van der Waals surface area contributed by atoms with Crippen LogP contribution in [-0.2, 0) is 4.74 Å². The van der Waals surface area contributed by atoms with Gasteiger partial charge >= 0.3 is 0 Å². The monoisotopic (exact) mass is 410 g/mol. The van der Waals surface area contributed by atoms with Crippen molar-refractivity contribution in [2.45, 2.75) is 162 Å². The molecular weight excluding hydrogens is 352 g/mol. The summed E-state index contributed by atoms with van der Waals surface area (Å²) in [5, 5.41) is 0. The fourth-order valence-electron chi connectivity index (χ4n) is 4.33. The van der Waals surface area contributed by atoms with E-state index in [2.05, 4.69) is 20.8 Å². The van der Waals surface area contributed by atoms with E-state index in [-0.39, 0.29) is 0 Å². The van der Waals surface area contributed by atoms with Gasteiger partial charge in [0.2, 0.25) is 0 Å². The molecule has 0 aliphatic rings. The van der Waals surface area contributed by atoms with Crippen LogP contribution in [-0.4, -0.2) is 13.2 Å². The topological polar surface area (TPSA) is 9.23 Å². The summed E-state index contributed by atoms with van der Waals surface area (Å²) in [5.74, 6) is 0.821. The molecule has 0 radical (unpaired) electrons. The van der Waals surface area contributed by atoms with Crippen LogP contribution in [0.3, 0.4) is 0 Å². The summed E-state index contributed by atoms with van der Waals surface area (Å²) >= 11 is 0. The highest BCUT2D eigenvalue weighted by molar-refractivity contribution is 4.61. The van der Waals surface area contributed by atoms with E-state index < -0.39 is 0 Å². The summed E-state index contributed by atoms with van der Waals surface area (Å²) in [5.41, 5.74) is 0. The molecule has 0 saturated heterocycles. The highest BCUT2D eigenvalue weighted by Gasteiger charge is 2.09. The third-order valence-corrected chi connectivity index (χ3v) is 6.43. The van der Waals surface area contributed by atoms with Gasteiger partial charge in [0.1, 0.15) is 0 Å². The zero-order chi connectivity index (χ0) is 21.3. The maximum absolute atomic E-state index is 6.13. The minimum atomic E-state index is 0.821. The lowest BCUT2D eigenvalue weighted by atomic mass is 9.95. The quantitative estimate of drug-likeness (QED) is 0.136. The SMILES string of the molecule is CCCCCCCCCCOCC(CCCCCCC)CCCCCCCCC. The summed E-state index contributed by atoms with van der Waals surface area (Å²) in [6, 6.07) is 0. The summed E-state index contributed by atoms with van der Waals surface area (Å²) in [6.45, 7) is 8.93. The van der Waals surface area contributed by atoms with E-state index in [4.69, 9.17) is 4.74 Å². The van der Waals surface area contributed by atoms with Crippen LogP contribution in [0.25, 0.3) is 0 Å². The fraction of sp³-hybridized carbons (Fsp3) is 1.00. The van der Waals surface area contributed by atoms with E-state index in [0.717, 1.165) is 19.1 Å². The van der Waals surface area contributed by atoms with Gasteiger partial charge in [-0.1, -0.05) is 143 Å². The van der Waals surface area contributed by atoms with Crippen molar-refractivity contribution in [2.24, 2.45) is 5.92 Å². The molecule has 0 rings (SSSR count). The molecule has 0 aliphatic carbocycles. The smallest absolute Gasteiger partial charge is 0.0494 e. The Kier molecular flexibility index (Phi) is 26.0. The highest BCUT2D eigenvalue weighted by Crippen LogP contribution is 2.20. The van der Waals surface area contributed by atoms with Crippen molar-refractivity contribution >= 4 is 0 Å². The molecule has 0 aromatic heterocycles. The molecule has 0 amide bonds. The van der Waals surface area contributed by atoms with Gasteiger partial charge < -0.3 is 4.74 Å². The van der Waals surface area contributed by atoms with Gasteiger partial charge in [-0.2, -0.15) is 0 Å². The van der Waals surface area contributed by atoms with Crippen molar-refractivity contribution in [3.05, 3.63) is 0 Å². The van der Waals surface area contributed by atoms with Crippen molar-refractivity contribution in [3.63, 3.8) is 0 Å². The first-order valence-electron chi connectivity index (χ1n) is 13.9. The standard InChI is InChI=1S/C28H58O/c1-4-7-10-13-15-17-20-23-26-29-27-28(24-21-18-12-9-6-3)25-22-19-16-14-11-8-5-2/h28H,4-27H2,1-3H3. The van der Waals surface area contributed by atoms with Crippen LogP contribution in [0.5, 0.6) is 0 Å². The number of rotatable bonds is 25. The first kappa shape index (κ1) is 29.0. The molecular formula is C28H58O. The van der Waals surface area contributed by atoms with E-state index >= 15 is 0 Å². The van der Waals surface area contributed by atoms with Gasteiger partial charge in [0.25, 0.3) is 0 Å². The first-order valence-corrected chi connectivity index (χ1v) is 13.9. The summed E-state index contributed by atoms with van der Waals surface area (Å²) < 4.78 is 6.13. The predicted octanol–water partition coefficient (Wildman–Crippen LogP) is 10.3. The van der Waals surface area contributed by atoms with Gasteiger partial charge in [-0.15, -0.1) is 0 Å². The maximum Gasteiger partial charge on any atom is 0.0494 e. The Morgan fingerprint density at radius 1 is 0.414 bits per heavy atom. The van der Waals surface area contributed by atoms with Gasteiger partial charge in [0, 0.05) is 13.2 Å². The third-order valence-electron chi connectivity index (χ3n) is 6.43. The molecule has 0 saturated carbocycles. The maximum atomic E-state index is 6.13. The molecule has 0 fully saturated rings. The Hall–Kier alpha value is -0.0400. The molecule has 1 atom stereocenters. The molecule has 1 nitrogen and oxygen atoms in total. The van der Waals surface area contributed by atoms with Crippen LogP contribution in [0.2, 0.25) is 0 Å². The normalized spacial score (nSPS) is 12.5. The molecule has 176 valence electrons. The average Bonchev–Trinajstić information content (AvgIpc) is 2.73. The van der Waals surface area contributed by atoms with E-state index in [0.29, 0.717) is 0 Å². The molecule has 0 bridgehead atoms. The Balaban J connectivity index is 3.73. The van der Waals surface area contributed by atoms with Crippen molar-refractivity contribution in [2.75, 3.05) is 13.2 Å². The molecule has 0 aliphatic heterocycles. The van der Waals surface area contributed by atoms with E-state index in [1.54, 1.807) is 0 Å². The molecule has 0 spiro atoms. The number of unbranched alkanes of at least 4 members (excludes halogenated alkanes) is 17. The van der Waals surface area contributed by atoms with Gasteiger partial charge in [-0.25, -0.2) is 0 Å². The van der Waals surface area contributed by atoms with E-state index in [9.17, 15) is 0 Å². The van der Waals surface area contributed by atoms with Gasteiger partial charge in [-0.3, -0.25) is 0 Å². The van der Waals surface area contributed by atoms with E-state index in [1.165, 1.54) is 141 Å². The zero-order valence-electron chi connectivity index (χ0n) is 21.0. The minimum Gasteiger partial charge on any atom is -0.381 e. The summed E-state index contributed by atoms with van der Waals surface area (Å²) in [4.78, 5) is 0. The summed E-state index contributed by atoms with van der Waals surface area (Å²) in [7, 11) is 0. The van der Waals surface area contributed by atoms with Crippen LogP contribution in [0.1, 0.15) is 162 Å². The number of ether oxygens (including phenoxy) is 1. The molecule has 1 heteroatoms. The number of hydrogen-bond acceptors (Lipinski definition) is 1. The Labute approximate surface area is 186 Å². The predicted molar refractivity (Wildman–Crippen MR) is 133 cm³/mol. The second-order valence-corrected chi connectivity index (χ2v) is 9.53. The second kappa shape index (κ2) is 26.0. The minimum absolute atomic E-state index is 0.821. The van der Waals surface area contributed by atoms with Crippen molar-refractivity contribution in [1.29, 1.82) is 0 Å². The van der Waals surface area contributed by atoms with Crippen molar-refractivity contribution in [1.82, 2.24) is 0 Å². The Morgan fingerprint density at radius 2 is 0.759 bits per heavy atom. The number of hydrogen-bond donors (Lipinski definition) is 0. The van der Waals surface area contributed by atoms with Crippen molar-refractivity contribution < 1.29 is 4.74 Å². The van der Waals surface area contributed by atoms with Crippen LogP contribution >= 0.6 is 0 Å². The zero-order valence-corrected chi connectivity index (χ0v) is 21.0. The average molecular weight is 411 g/mol. The van der Waals surface area contributed by atoms with Crippen LogP contribution in [0, 0.1) is 5.92 Å². The molecule has 0 aromatic carbocycles. The van der Waals surface area contributed by atoms with Gasteiger partial charge in [0.05, 0.1) is 0 Å². The first-order chi connectivity index (χ1) is 14.3. The molecule has 29 heavy (non-hydrogen) atoms.